The van der Waals surface area contributed by atoms with Gasteiger partial charge in [-0.1, -0.05) is 176 Å². The van der Waals surface area contributed by atoms with Crippen LogP contribution in [0.3, 0.4) is 0 Å². The first-order valence-corrected chi connectivity index (χ1v) is 19.3. The highest BCUT2D eigenvalue weighted by Crippen LogP contribution is 2.37. The standard InChI is InChI=1S/C48H35NSi/c1-4-15-36(16-5-1)38-27-31-40(32-28-38)49(41-33-29-39(30-34-41)37-17-6-2-7-18-37)42-19-14-22-44(35-42)50(43-20-8-3-9-21-43)47-25-12-10-23-45(47)46-24-11-13-26-48(46)50/h1-35H. The van der Waals surface area contributed by atoms with Crippen molar-refractivity contribution < 1.29 is 0 Å². The third-order valence-corrected chi connectivity index (χ3v) is 15.0. The lowest BCUT2D eigenvalue weighted by Gasteiger charge is -2.33. The van der Waals surface area contributed by atoms with E-state index in [1.54, 1.807) is 0 Å². The van der Waals surface area contributed by atoms with E-state index in [9.17, 15) is 0 Å². The molecule has 0 saturated heterocycles. The van der Waals surface area contributed by atoms with Crippen molar-refractivity contribution in [1.82, 2.24) is 0 Å². The lowest BCUT2D eigenvalue weighted by atomic mass is 10.0. The summed E-state index contributed by atoms with van der Waals surface area (Å²) < 4.78 is 0. The fraction of sp³-hybridized carbons (Fsp3) is 0. The van der Waals surface area contributed by atoms with E-state index in [4.69, 9.17) is 0 Å². The molecule has 0 N–H and O–H groups in total. The van der Waals surface area contributed by atoms with E-state index in [-0.39, 0.29) is 0 Å². The molecule has 1 heterocycles. The lowest BCUT2D eigenvalue weighted by molar-refractivity contribution is 1.29. The van der Waals surface area contributed by atoms with Crippen LogP contribution in [0.15, 0.2) is 212 Å². The fourth-order valence-electron chi connectivity index (χ4n) is 7.90. The van der Waals surface area contributed by atoms with Gasteiger partial charge in [-0.2, -0.15) is 0 Å². The van der Waals surface area contributed by atoms with Gasteiger partial charge in [0.15, 0.2) is 8.07 Å². The van der Waals surface area contributed by atoms with Gasteiger partial charge < -0.3 is 4.90 Å². The molecule has 50 heavy (non-hydrogen) atoms. The summed E-state index contributed by atoms with van der Waals surface area (Å²) in [5.41, 5.74) is 10.9. The summed E-state index contributed by atoms with van der Waals surface area (Å²) in [6.45, 7) is 0. The van der Waals surface area contributed by atoms with Crippen LogP contribution in [0.1, 0.15) is 0 Å². The third-order valence-electron chi connectivity index (χ3n) is 10.2. The second kappa shape index (κ2) is 12.7. The number of nitrogens with zero attached hydrogens (tertiary/aromatic N) is 1. The quantitative estimate of drug-likeness (QED) is 0.155. The molecule has 9 rings (SSSR count). The van der Waals surface area contributed by atoms with Crippen molar-refractivity contribution in [3.05, 3.63) is 212 Å². The highest BCUT2D eigenvalue weighted by molar-refractivity contribution is 7.22. The van der Waals surface area contributed by atoms with E-state index in [2.05, 4.69) is 217 Å². The first kappa shape index (κ1) is 29.9. The minimum absolute atomic E-state index is 1.12. The maximum atomic E-state index is 2.47. The fourth-order valence-corrected chi connectivity index (χ4v) is 13.1. The largest absolute Gasteiger partial charge is 0.311 e. The second-order valence-electron chi connectivity index (χ2n) is 12.9. The number of fused-ring (bicyclic) bond motifs is 3. The van der Waals surface area contributed by atoms with Crippen LogP contribution in [0.5, 0.6) is 0 Å². The Hall–Kier alpha value is -6.22. The van der Waals surface area contributed by atoms with Gasteiger partial charge in [0.05, 0.1) is 0 Å². The molecule has 0 aliphatic carbocycles. The van der Waals surface area contributed by atoms with Gasteiger partial charge in [-0.25, -0.2) is 0 Å². The maximum absolute atomic E-state index is 2.64. The molecular weight excluding hydrogens is 619 g/mol. The molecule has 0 atom stereocenters. The molecular formula is C48H35NSi. The highest BCUT2D eigenvalue weighted by Gasteiger charge is 2.48. The number of anilines is 3. The van der Waals surface area contributed by atoms with Gasteiger partial charge in [-0.05, 0) is 90.5 Å². The van der Waals surface area contributed by atoms with Crippen LogP contribution < -0.4 is 25.6 Å². The Morgan fingerprint density at radius 1 is 0.280 bits per heavy atom. The summed E-state index contributed by atoms with van der Waals surface area (Å²) in [5.74, 6) is 0. The lowest BCUT2D eigenvalue weighted by Crippen LogP contribution is -2.72. The molecule has 0 amide bonds. The van der Waals surface area contributed by atoms with Gasteiger partial charge in [-0.15, -0.1) is 0 Å². The minimum atomic E-state index is -2.64. The van der Waals surface area contributed by atoms with Gasteiger partial charge in [0.25, 0.3) is 0 Å². The molecule has 1 aliphatic heterocycles. The Bertz CT molecular complexity index is 2270. The smallest absolute Gasteiger partial charge is 0.180 e. The van der Waals surface area contributed by atoms with Crippen molar-refractivity contribution in [1.29, 1.82) is 0 Å². The van der Waals surface area contributed by atoms with E-state index in [1.807, 2.05) is 0 Å². The van der Waals surface area contributed by atoms with E-state index in [1.165, 1.54) is 54.1 Å². The van der Waals surface area contributed by atoms with E-state index in [0.29, 0.717) is 0 Å². The summed E-state index contributed by atoms with van der Waals surface area (Å²) in [4.78, 5) is 2.41. The molecule has 1 aliphatic rings. The first-order chi connectivity index (χ1) is 24.8. The monoisotopic (exact) mass is 653 g/mol. The summed E-state index contributed by atoms with van der Waals surface area (Å²) >= 11 is 0. The number of hydrogen-bond donors (Lipinski definition) is 0. The van der Waals surface area contributed by atoms with Crippen LogP contribution in [-0.4, -0.2) is 8.07 Å². The minimum Gasteiger partial charge on any atom is -0.311 e. The zero-order valence-electron chi connectivity index (χ0n) is 27.7. The molecule has 0 bridgehead atoms. The average molecular weight is 654 g/mol. The molecule has 236 valence electrons. The van der Waals surface area contributed by atoms with Crippen LogP contribution in [-0.2, 0) is 0 Å². The van der Waals surface area contributed by atoms with Crippen LogP contribution in [0.25, 0.3) is 33.4 Å². The summed E-state index contributed by atoms with van der Waals surface area (Å²) in [6, 6.07) is 78.0. The molecule has 0 saturated carbocycles. The molecule has 0 spiro atoms. The Balaban J connectivity index is 1.24. The predicted octanol–water partition coefficient (Wildman–Crippen LogP) is 9.85. The molecule has 8 aromatic rings. The normalized spacial score (nSPS) is 12.6. The van der Waals surface area contributed by atoms with E-state index in [0.717, 1.165) is 17.1 Å². The van der Waals surface area contributed by atoms with Crippen molar-refractivity contribution in [2.75, 3.05) is 4.90 Å². The number of benzene rings is 8. The molecule has 0 aromatic heterocycles. The molecule has 0 fully saturated rings. The SMILES string of the molecule is c1ccc(-c2ccc(N(c3ccc(-c4ccccc4)cc3)c3cccc([Si]4(c5ccccc5)c5ccccc5-c5ccccc54)c3)cc2)cc1. The molecule has 8 aromatic carbocycles. The van der Waals surface area contributed by atoms with Crippen LogP contribution >= 0.6 is 0 Å². The zero-order valence-corrected chi connectivity index (χ0v) is 28.7. The zero-order chi connectivity index (χ0) is 33.3. The Morgan fingerprint density at radius 3 is 1.18 bits per heavy atom. The second-order valence-corrected chi connectivity index (χ2v) is 16.7. The van der Waals surface area contributed by atoms with Crippen molar-refractivity contribution >= 4 is 45.9 Å². The van der Waals surface area contributed by atoms with Gasteiger partial charge in [-0.3, -0.25) is 0 Å². The topological polar surface area (TPSA) is 3.24 Å². The van der Waals surface area contributed by atoms with Crippen LogP contribution in [0.4, 0.5) is 17.1 Å². The van der Waals surface area contributed by atoms with E-state index >= 15 is 0 Å². The van der Waals surface area contributed by atoms with Crippen molar-refractivity contribution in [3.8, 4) is 33.4 Å². The van der Waals surface area contributed by atoms with Gasteiger partial charge in [0.2, 0.25) is 0 Å². The Labute approximate surface area is 295 Å². The van der Waals surface area contributed by atoms with E-state index < -0.39 is 8.07 Å². The van der Waals surface area contributed by atoms with Crippen LogP contribution in [0, 0.1) is 0 Å². The van der Waals surface area contributed by atoms with Crippen molar-refractivity contribution in [2.45, 2.75) is 0 Å². The predicted molar refractivity (Wildman–Crippen MR) is 215 cm³/mol. The summed E-state index contributed by atoms with van der Waals surface area (Å²) in [5, 5.41) is 5.69. The van der Waals surface area contributed by atoms with Crippen LogP contribution in [0.2, 0.25) is 0 Å². The van der Waals surface area contributed by atoms with Gasteiger partial charge in [0.1, 0.15) is 0 Å². The Morgan fingerprint density at radius 2 is 0.680 bits per heavy atom. The van der Waals surface area contributed by atoms with Crippen molar-refractivity contribution in [2.24, 2.45) is 0 Å². The Kier molecular flexibility index (Phi) is 7.57. The number of rotatable bonds is 7. The van der Waals surface area contributed by atoms with Gasteiger partial charge >= 0.3 is 0 Å². The highest BCUT2D eigenvalue weighted by atomic mass is 28.3. The van der Waals surface area contributed by atoms with Gasteiger partial charge in [0, 0.05) is 17.1 Å². The maximum Gasteiger partial charge on any atom is 0.180 e. The summed E-state index contributed by atoms with van der Waals surface area (Å²) in [6.07, 6.45) is 0. The molecule has 1 nitrogen and oxygen atoms in total. The molecule has 0 unspecified atom stereocenters. The summed E-state index contributed by atoms with van der Waals surface area (Å²) in [7, 11) is -2.64. The molecule has 0 radical (unpaired) electrons. The average Bonchev–Trinajstić information content (AvgIpc) is 3.51. The number of hydrogen-bond acceptors (Lipinski definition) is 1. The van der Waals surface area contributed by atoms with Crippen molar-refractivity contribution in [3.63, 3.8) is 0 Å². The third kappa shape index (κ3) is 5.01. The molecule has 2 heteroatoms. The first-order valence-electron chi connectivity index (χ1n) is 17.3.